The Hall–Kier alpha value is -2.90. The minimum atomic E-state index is -0.217. The number of methoxy groups -OCH3 is 1. The highest BCUT2D eigenvalue weighted by Gasteiger charge is 2.29. The van der Waals surface area contributed by atoms with Gasteiger partial charge in [0.2, 0.25) is 0 Å². The zero-order chi connectivity index (χ0) is 21.4. The quantitative estimate of drug-likeness (QED) is 0.403. The molecular formula is C24H24N2O4S. The number of rotatable bonds is 6. The lowest BCUT2D eigenvalue weighted by molar-refractivity contribution is 0.0896. The van der Waals surface area contributed by atoms with E-state index in [2.05, 4.69) is 19.1 Å². The summed E-state index contributed by atoms with van der Waals surface area (Å²) in [5.74, 6) is 0.660. The third kappa shape index (κ3) is 3.68. The summed E-state index contributed by atoms with van der Waals surface area (Å²) in [7, 11) is 1.59. The molecule has 1 atom stereocenters. The second-order valence-electron chi connectivity index (χ2n) is 7.65. The van der Waals surface area contributed by atoms with Crippen LogP contribution >= 0.6 is 11.3 Å². The van der Waals surface area contributed by atoms with Crippen molar-refractivity contribution < 1.29 is 18.7 Å². The Labute approximate surface area is 184 Å². The van der Waals surface area contributed by atoms with Gasteiger partial charge in [-0.1, -0.05) is 42.5 Å². The molecule has 0 spiro atoms. The van der Waals surface area contributed by atoms with E-state index in [4.69, 9.17) is 18.9 Å². The van der Waals surface area contributed by atoms with Crippen LogP contribution in [0.25, 0.3) is 21.2 Å². The maximum absolute atomic E-state index is 13.6. The third-order valence-corrected chi connectivity index (χ3v) is 6.74. The normalized spacial score (nSPS) is 16.3. The van der Waals surface area contributed by atoms with Gasteiger partial charge in [-0.15, -0.1) is 0 Å². The number of thiazole rings is 1. The van der Waals surface area contributed by atoms with Crippen molar-refractivity contribution in [1.82, 2.24) is 4.98 Å². The highest BCUT2D eigenvalue weighted by atomic mass is 32.1. The van der Waals surface area contributed by atoms with Gasteiger partial charge in [0, 0.05) is 12.0 Å². The van der Waals surface area contributed by atoms with Crippen LogP contribution in [0.2, 0.25) is 0 Å². The molecule has 2 aromatic heterocycles. The fraction of sp³-hybridized carbons (Fsp3) is 0.333. The number of aryl methyl sites for hydroxylation is 1. The number of carbonyl (C=O) groups excluding carboxylic acids is 1. The summed E-state index contributed by atoms with van der Waals surface area (Å²) in [4.78, 5) is 20.2. The number of hydrogen-bond donors (Lipinski definition) is 0. The first kappa shape index (κ1) is 20.0. The highest BCUT2D eigenvalue weighted by Crippen LogP contribution is 2.34. The Morgan fingerprint density at radius 2 is 2.16 bits per heavy atom. The summed E-state index contributed by atoms with van der Waals surface area (Å²) in [6.45, 7) is 3.30. The zero-order valence-corrected chi connectivity index (χ0v) is 18.4. The maximum Gasteiger partial charge on any atom is 0.295 e. The van der Waals surface area contributed by atoms with E-state index in [-0.39, 0.29) is 17.8 Å². The number of nitrogens with zero attached hydrogens (tertiary/aromatic N) is 2. The van der Waals surface area contributed by atoms with Crippen molar-refractivity contribution in [2.45, 2.75) is 32.3 Å². The molecule has 0 radical (unpaired) electrons. The number of fused-ring (bicyclic) bond motifs is 2. The van der Waals surface area contributed by atoms with Crippen molar-refractivity contribution in [3.8, 4) is 5.75 Å². The molecule has 0 bridgehead atoms. The van der Waals surface area contributed by atoms with Gasteiger partial charge in [-0.05, 0) is 43.0 Å². The summed E-state index contributed by atoms with van der Waals surface area (Å²) in [5, 5.41) is 1.50. The molecule has 5 rings (SSSR count). The number of para-hydroxylation sites is 2. The number of ether oxygens (including phenoxy) is 2. The van der Waals surface area contributed by atoms with Crippen LogP contribution in [0.3, 0.4) is 0 Å². The lowest BCUT2D eigenvalue weighted by Crippen LogP contribution is -2.37. The first-order valence-corrected chi connectivity index (χ1v) is 11.4. The second kappa shape index (κ2) is 8.32. The van der Waals surface area contributed by atoms with Gasteiger partial charge in [0.15, 0.2) is 22.2 Å². The number of hydrogen-bond acceptors (Lipinski definition) is 6. The fourth-order valence-corrected chi connectivity index (χ4v) is 5.09. The van der Waals surface area contributed by atoms with Crippen molar-refractivity contribution >= 4 is 43.6 Å². The minimum absolute atomic E-state index is 0.000484. The predicted molar refractivity (Wildman–Crippen MR) is 122 cm³/mol. The van der Waals surface area contributed by atoms with Gasteiger partial charge >= 0.3 is 0 Å². The van der Waals surface area contributed by atoms with Crippen LogP contribution in [0.4, 0.5) is 5.13 Å². The Morgan fingerprint density at radius 3 is 2.94 bits per heavy atom. The summed E-state index contributed by atoms with van der Waals surface area (Å²) in [6.07, 6.45) is 2.83. The molecule has 3 heterocycles. The van der Waals surface area contributed by atoms with Crippen LogP contribution < -0.4 is 9.64 Å². The van der Waals surface area contributed by atoms with Gasteiger partial charge in [-0.2, -0.15) is 0 Å². The van der Waals surface area contributed by atoms with Crippen LogP contribution in [-0.4, -0.2) is 37.3 Å². The van der Waals surface area contributed by atoms with Crippen molar-refractivity contribution in [3.63, 3.8) is 0 Å². The largest absolute Gasteiger partial charge is 0.493 e. The number of anilines is 1. The monoisotopic (exact) mass is 436 g/mol. The van der Waals surface area contributed by atoms with Gasteiger partial charge in [-0.25, -0.2) is 4.98 Å². The fourth-order valence-electron chi connectivity index (χ4n) is 4.07. The van der Waals surface area contributed by atoms with E-state index >= 15 is 0 Å². The molecule has 4 aromatic rings. The van der Waals surface area contributed by atoms with Gasteiger partial charge in [0.1, 0.15) is 0 Å². The molecule has 0 saturated carbocycles. The first-order valence-electron chi connectivity index (χ1n) is 10.6. The molecule has 6 nitrogen and oxygen atoms in total. The van der Waals surface area contributed by atoms with Gasteiger partial charge in [-0.3, -0.25) is 9.69 Å². The van der Waals surface area contributed by atoms with E-state index in [1.165, 1.54) is 16.9 Å². The molecule has 1 aliphatic heterocycles. The lowest BCUT2D eigenvalue weighted by atomic mass is 10.1. The van der Waals surface area contributed by atoms with E-state index < -0.39 is 0 Å². The molecule has 7 heteroatoms. The molecule has 0 N–H and O–H groups in total. The topological polar surface area (TPSA) is 64.8 Å². The average Bonchev–Trinajstić information content (AvgIpc) is 3.55. The molecule has 1 saturated heterocycles. The Morgan fingerprint density at radius 1 is 1.29 bits per heavy atom. The van der Waals surface area contributed by atoms with Crippen molar-refractivity contribution in [1.29, 1.82) is 0 Å². The standard InChI is InChI=1S/C24H24N2O4S/c1-3-15-7-5-11-20-21(15)25-24(31-20)26(14-17-9-6-12-29-17)23(27)19-13-16-8-4-10-18(28-2)22(16)30-19/h4-5,7-8,10-11,13,17H,3,6,9,12,14H2,1-2H3. The van der Waals surface area contributed by atoms with Crippen LogP contribution in [0.1, 0.15) is 35.9 Å². The van der Waals surface area contributed by atoms with E-state index in [1.54, 1.807) is 18.1 Å². The first-order chi connectivity index (χ1) is 15.2. The Kier molecular flexibility index (Phi) is 5.38. The highest BCUT2D eigenvalue weighted by molar-refractivity contribution is 7.22. The van der Waals surface area contributed by atoms with E-state index in [0.717, 1.165) is 41.5 Å². The third-order valence-electron chi connectivity index (χ3n) is 5.70. The van der Waals surface area contributed by atoms with Gasteiger partial charge in [0.05, 0.1) is 30.0 Å². The van der Waals surface area contributed by atoms with Gasteiger partial charge < -0.3 is 13.9 Å². The molecule has 1 aliphatic rings. The summed E-state index contributed by atoms with van der Waals surface area (Å²) in [6, 6.07) is 13.6. The van der Waals surface area contributed by atoms with Crippen LogP contribution in [0.15, 0.2) is 46.9 Å². The van der Waals surface area contributed by atoms with Crippen LogP contribution in [-0.2, 0) is 11.2 Å². The number of amides is 1. The molecule has 1 unspecified atom stereocenters. The molecule has 1 fully saturated rings. The van der Waals surface area contributed by atoms with Gasteiger partial charge in [0.25, 0.3) is 5.91 Å². The smallest absolute Gasteiger partial charge is 0.295 e. The van der Waals surface area contributed by atoms with Crippen molar-refractivity contribution in [2.24, 2.45) is 0 Å². The summed E-state index contributed by atoms with van der Waals surface area (Å²) >= 11 is 1.53. The van der Waals surface area contributed by atoms with Crippen LogP contribution in [0, 0.1) is 0 Å². The molecule has 1 amide bonds. The Balaban J connectivity index is 1.57. The number of aromatic nitrogens is 1. The van der Waals surface area contributed by atoms with E-state index in [9.17, 15) is 4.79 Å². The summed E-state index contributed by atoms with van der Waals surface area (Å²) < 4.78 is 18.3. The average molecular weight is 437 g/mol. The molecule has 0 aliphatic carbocycles. The van der Waals surface area contributed by atoms with Crippen molar-refractivity contribution in [2.75, 3.05) is 25.2 Å². The minimum Gasteiger partial charge on any atom is -0.493 e. The van der Waals surface area contributed by atoms with Crippen LogP contribution in [0.5, 0.6) is 5.75 Å². The van der Waals surface area contributed by atoms with E-state index in [1.807, 2.05) is 24.3 Å². The number of carbonyl (C=O) groups is 1. The number of benzene rings is 2. The second-order valence-corrected chi connectivity index (χ2v) is 8.66. The zero-order valence-electron chi connectivity index (χ0n) is 17.6. The van der Waals surface area contributed by atoms with Crippen molar-refractivity contribution in [3.05, 3.63) is 53.8 Å². The lowest BCUT2D eigenvalue weighted by Gasteiger charge is -2.22. The molecular weight excluding hydrogens is 412 g/mol. The molecule has 160 valence electrons. The summed E-state index contributed by atoms with van der Waals surface area (Å²) in [5.41, 5.74) is 2.71. The SMILES string of the molecule is CCc1cccc2sc(N(CC3CCCO3)C(=O)c3cc4cccc(OC)c4o3)nc12. The van der Waals surface area contributed by atoms with E-state index in [0.29, 0.717) is 23.0 Å². The molecule has 31 heavy (non-hydrogen) atoms. The predicted octanol–water partition coefficient (Wildman–Crippen LogP) is 5.44. The maximum atomic E-state index is 13.6. The number of furan rings is 1. The Bertz CT molecular complexity index is 1240. The molecule has 2 aromatic carbocycles.